The molecule has 4 heterocycles. The van der Waals surface area contributed by atoms with Crippen LogP contribution in [0.5, 0.6) is 0 Å². The van der Waals surface area contributed by atoms with Gasteiger partial charge in [0, 0.05) is 74.2 Å². The molecule has 3 amide bonds. The number of pyridine rings is 2. The zero-order valence-electron chi connectivity index (χ0n) is 32.1. The number of carbonyl (C=O) groups excluding carboxylic acids is 3. The number of hydrogen-bond donors (Lipinski definition) is 4. The molecule has 5 rings (SSSR count). The van der Waals surface area contributed by atoms with Crippen molar-refractivity contribution in [2.45, 2.75) is 97.9 Å². The maximum Gasteiger partial charge on any atom is 0.407 e. The number of alkyl carbamates (subject to hydrolysis) is 1. The molecule has 53 heavy (non-hydrogen) atoms. The van der Waals surface area contributed by atoms with Gasteiger partial charge in [0.05, 0.1) is 36.1 Å². The molecule has 0 radical (unpaired) electrons. The molecule has 1 atom stereocenters. The van der Waals surface area contributed by atoms with Gasteiger partial charge in [-0.2, -0.15) is 5.26 Å². The van der Waals surface area contributed by atoms with E-state index in [1.165, 1.54) is 6.20 Å². The average Bonchev–Trinajstić information content (AvgIpc) is 3.64. The molecule has 14 nitrogen and oxygen atoms in total. The van der Waals surface area contributed by atoms with Gasteiger partial charge < -0.3 is 30.7 Å². The van der Waals surface area contributed by atoms with E-state index < -0.39 is 11.7 Å². The lowest BCUT2D eigenvalue weighted by atomic mass is 9.85. The Bertz CT molecular complexity index is 1800. The Labute approximate surface area is 312 Å². The number of carbonyl (C=O) groups is 3. The van der Waals surface area contributed by atoms with E-state index >= 15 is 0 Å². The molecule has 4 N–H and O–H groups in total. The number of ether oxygens (including phenoxy) is 2. The van der Waals surface area contributed by atoms with Crippen LogP contribution in [0.1, 0.15) is 90.1 Å². The minimum absolute atomic E-state index is 0.0144. The van der Waals surface area contributed by atoms with Gasteiger partial charge in [-0.25, -0.2) is 14.8 Å². The summed E-state index contributed by atoms with van der Waals surface area (Å²) in [7, 11) is 0. The Hall–Kier alpha value is -4.74. The van der Waals surface area contributed by atoms with E-state index in [0.717, 1.165) is 25.0 Å². The van der Waals surface area contributed by atoms with Crippen LogP contribution in [0, 0.1) is 22.7 Å². The zero-order valence-corrected chi connectivity index (χ0v) is 32.1. The third-order valence-corrected chi connectivity index (χ3v) is 9.72. The SMILES string of the molecule is CC(C)Nc1cc(-n2ccc3cc(C#N)cnc32)ncc1C(=O)NC1CCC(C(=O)NCCOCCN2CC(NC(=O)OC(C)(C)C)C(C)(C)C2)CC1. The number of fused-ring (bicyclic) bond motifs is 1. The number of aromatic nitrogens is 3. The number of nitrogens with one attached hydrogen (secondary N) is 4. The molecule has 1 saturated heterocycles. The van der Waals surface area contributed by atoms with Gasteiger partial charge in [0.2, 0.25) is 5.91 Å². The third-order valence-electron chi connectivity index (χ3n) is 9.72. The number of amides is 3. The standard InChI is InChI=1S/C39H55N9O5/c1-25(2)44-31-19-33(48-14-12-28-18-26(20-40)21-43-34(28)48)42-22-30(31)36(50)45-29-10-8-27(9-11-29)35(49)41-13-16-52-17-15-47-23-32(39(6,7)24-47)46-37(51)53-38(3,4)5/h12,14,18-19,21-22,25,27,29,32H,8-11,13,15-17,23-24H2,1-7H3,(H,41,49)(H,42,44)(H,45,50)(H,46,51). The van der Waals surface area contributed by atoms with Crippen molar-refractivity contribution >= 4 is 34.6 Å². The summed E-state index contributed by atoms with van der Waals surface area (Å²) in [4.78, 5) is 50.0. The maximum absolute atomic E-state index is 13.5. The van der Waals surface area contributed by atoms with Crippen LogP contribution in [0.3, 0.4) is 0 Å². The second-order valence-corrected chi connectivity index (χ2v) is 16.2. The second-order valence-electron chi connectivity index (χ2n) is 16.2. The summed E-state index contributed by atoms with van der Waals surface area (Å²) >= 11 is 0. The molecule has 1 saturated carbocycles. The van der Waals surface area contributed by atoms with Gasteiger partial charge in [0.15, 0.2) is 0 Å². The van der Waals surface area contributed by atoms with Crippen LogP contribution >= 0.6 is 0 Å². The molecule has 3 aromatic rings. The van der Waals surface area contributed by atoms with E-state index in [9.17, 15) is 19.6 Å². The van der Waals surface area contributed by atoms with Crippen LogP contribution in [-0.4, -0.2) is 100 Å². The summed E-state index contributed by atoms with van der Waals surface area (Å²) < 4.78 is 13.1. The largest absolute Gasteiger partial charge is 0.444 e. The average molecular weight is 730 g/mol. The van der Waals surface area contributed by atoms with E-state index in [-0.39, 0.29) is 41.3 Å². The fourth-order valence-corrected chi connectivity index (χ4v) is 7.02. The van der Waals surface area contributed by atoms with Crippen LogP contribution in [0.4, 0.5) is 10.5 Å². The molecule has 1 aliphatic carbocycles. The fraction of sp³-hybridized carbons (Fsp3) is 0.590. The van der Waals surface area contributed by atoms with Gasteiger partial charge in [-0.3, -0.25) is 19.1 Å². The topological polar surface area (TPSA) is 176 Å². The molecule has 14 heteroatoms. The highest BCUT2D eigenvalue weighted by Gasteiger charge is 2.40. The molecular weight excluding hydrogens is 674 g/mol. The first-order valence-electron chi connectivity index (χ1n) is 18.6. The predicted octanol–water partition coefficient (Wildman–Crippen LogP) is 4.77. The van der Waals surface area contributed by atoms with Gasteiger partial charge in [0.1, 0.15) is 23.1 Å². The summed E-state index contributed by atoms with van der Waals surface area (Å²) in [6, 6.07) is 7.64. The van der Waals surface area contributed by atoms with Crippen molar-refractivity contribution in [3.63, 3.8) is 0 Å². The predicted molar refractivity (Wildman–Crippen MR) is 203 cm³/mol. The van der Waals surface area contributed by atoms with Crippen LogP contribution in [0.15, 0.2) is 36.8 Å². The first-order chi connectivity index (χ1) is 25.1. The van der Waals surface area contributed by atoms with E-state index in [1.54, 1.807) is 12.3 Å². The molecular formula is C39H55N9O5. The normalized spacial score (nSPS) is 20.2. The van der Waals surface area contributed by atoms with Crippen molar-refractivity contribution < 1.29 is 23.9 Å². The highest BCUT2D eigenvalue weighted by molar-refractivity contribution is 6.00. The summed E-state index contributed by atoms with van der Waals surface area (Å²) in [5, 5.41) is 22.6. The smallest absolute Gasteiger partial charge is 0.407 e. The van der Waals surface area contributed by atoms with Gasteiger partial charge in [-0.05, 0) is 77.8 Å². The van der Waals surface area contributed by atoms with Crippen LogP contribution in [0.2, 0.25) is 0 Å². The van der Waals surface area contributed by atoms with Crippen LogP contribution in [-0.2, 0) is 14.3 Å². The van der Waals surface area contributed by atoms with Gasteiger partial charge in [0.25, 0.3) is 5.91 Å². The monoisotopic (exact) mass is 729 g/mol. The second kappa shape index (κ2) is 16.9. The van der Waals surface area contributed by atoms with Crippen LogP contribution < -0.4 is 21.3 Å². The number of rotatable bonds is 13. The lowest BCUT2D eigenvalue weighted by molar-refractivity contribution is -0.126. The van der Waals surface area contributed by atoms with Crippen molar-refractivity contribution in [3.8, 4) is 11.9 Å². The first-order valence-corrected chi connectivity index (χ1v) is 18.6. The van der Waals surface area contributed by atoms with Crippen molar-refractivity contribution in [2.24, 2.45) is 11.3 Å². The summed E-state index contributed by atoms with van der Waals surface area (Å²) in [5.41, 5.74) is 1.64. The minimum atomic E-state index is -0.540. The number of anilines is 1. The number of hydrogen-bond acceptors (Lipinski definition) is 10. The first kappa shape index (κ1) is 39.5. The third kappa shape index (κ3) is 10.7. The molecule has 1 unspecified atom stereocenters. The fourth-order valence-electron chi connectivity index (χ4n) is 7.02. The van der Waals surface area contributed by atoms with E-state index in [1.807, 2.05) is 57.5 Å². The van der Waals surface area contributed by atoms with Crippen molar-refractivity contribution in [2.75, 3.05) is 44.7 Å². The molecule has 2 fully saturated rings. The van der Waals surface area contributed by atoms with Crippen molar-refractivity contribution in [1.29, 1.82) is 5.26 Å². The minimum Gasteiger partial charge on any atom is -0.444 e. The molecule has 286 valence electrons. The lowest BCUT2D eigenvalue weighted by Crippen LogP contribution is -2.46. The van der Waals surface area contributed by atoms with Gasteiger partial charge in [-0.15, -0.1) is 0 Å². The Morgan fingerprint density at radius 3 is 2.51 bits per heavy atom. The van der Waals surface area contributed by atoms with E-state index in [0.29, 0.717) is 73.7 Å². The highest BCUT2D eigenvalue weighted by Crippen LogP contribution is 2.30. The van der Waals surface area contributed by atoms with Gasteiger partial charge in [-0.1, -0.05) is 13.8 Å². The number of nitrogens with zero attached hydrogens (tertiary/aromatic N) is 5. The molecule has 1 aliphatic heterocycles. The summed E-state index contributed by atoms with van der Waals surface area (Å²) in [6.45, 7) is 17.6. The Morgan fingerprint density at radius 2 is 1.81 bits per heavy atom. The Balaban J connectivity index is 1.03. The zero-order chi connectivity index (χ0) is 38.3. The number of likely N-dealkylation sites (tertiary alicyclic amines) is 1. The quantitative estimate of drug-likeness (QED) is 0.180. The lowest BCUT2D eigenvalue weighted by Gasteiger charge is -2.28. The van der Waals surface area contributed by atoms with Crippen molar-refractivity contribution in [1.82, 2.24) is 35.4 Å². The number of nitriles is 1. The van der Waals surface area contributed by atoms with E-state index in [4.69, 9.17) is 9.47 Å². The van der Waals surface area contributed by atoms with Crippen molar-refractivity contribution in [3.05, 3.63) is 47.9 Å². The maximum atomic E-state index is 13.5. The molecule has 0 bridgehead atoms. The molecule has 2 aliphatic rings. The van der Waals surface area contributed by atoms with Crippen LogP contribution in [0.25, 0.3) is 16.9 Å². The molecule has 0 aromatic carbocycles. The highest BCUT2D eigenvalue weighted by atomic mass is 16.6. The van der Waals surface area contributed by atoms with Gasteiger partial charge >= 0.3 is 6.09 Å². The summed E-state index contributed by atoms with van der Waals surface area (Å²) in [6.07, 6.45) is 7.37. The summed E-state index contributed by atoms with van der Waals surface area (Å²) in [5.74, 6) is 0.318. The Morgan fingerprint density at radius 1 is 1.06 bits per heavy atom. The molecule has 3 aromatic heterocycles. The molecule has 0 spiro atoms. The van der Waals surface area contributed by atoms with E-state index in [2.05, 4.69) is 56.1 Å². The Kier molecular flexibility index (Phi) is 12.6.